The third-order valence-corrected chi connectivity index (χ3v) is 8.52. The zero-order valence-corrected chi connectivity index (χ0v) is 22.4. The van der Waals surface area contributed by atoms with Crippen molar-refractivity contribution in [3.05, 3.63) is 20.8 Å². The Morgan fingerprint density at radius 1 is 1.10 bits per heavy atom. The number of alkyl halides is 3. The van der Waals surface area contributed by atoms with Gasteiger partial charge in [-0.1, -0.05) is 19.3 Å². The predicted molar refractivity (Wildman–Crippen MR) is 136 cm³/mol. The van der Waals surface area contributed by atoms with Gasteiger partial charge in [0.1, 0.15) is 0 Å². The molecule has 3 unspecified atom stereocenters. The number of fused-ring (bicyclic) bond motifs is 2. The van der Waals surface area contributed by atoms with Crippen molar-refractivity contribution in [2.24, 2.45) is 18.9 Å². The first-order valence-corrected chi connectivity index (χ1v) is 13.9. The number of anilines is 2. The summed E-state index contributed by atoms with van der Waals surface area (Å²) in [5.74, 6) is -2.03. The van der Waals surface area contributed by atoms with Crippen molar-refractivity contribution in [3.8, 4) is 0 Å². The number of hydroxylamine groups is 1. The molecule has 1 saturated carbocycles. The molecule has 1 aromatic heterocycles. The molecule has 2 saturated heterocycles. The van der Waals surface area contributed by atoms with E-state index in [1.165, 1.54) is 7.05 Å². The van der Waals surface area contributed by atoms with Crippen LogP contribution in [0.2, 0.25) is 0 Å². The Morgan fingerprint density at radius 3 is 2.54 bits per heavy atom. The van der Waals surface area contributed by atoms with Crippen LogP contribution < -0.4 is 26.5 Å². The van der Waals surface area contributed by atoms with Crippen molar-refractivity contribution < 1.29 is 27.5 Å². The molecule has 14 heteroatoms. The fraction of sp³-hybridized carbons (Fsp3) is 0.800. The molecule has 1 aliphatic carbocycles. The van der Waals surface area contributed by atoms with Crippen LogP contribution in [0.4, 0.5) is 24.7 Å². The Bertz CT molecular complexity index is 1180. The lowest BCUT2D eigenvalue weighted by molar-refractivity contribution is -0.203. The average Bonchev–Trinajstić information content (AvgIpc) is 3.59. The molecule has 3 atom stereocenters. The number of nitrogens with one attached hydrogen (secondary N) is 1. The van der Waals surface area contributed by atoms with Gasteiger partial charge in [-0.2, -0.15) is 13.2 Å². The van der Waals surface area contributed by atoms with E-state index in [9.17, 15) is 27.6 Å². The Balaban J connectivity index is 1.65. The molecular formula is C25H37F3N6O5. The van der Waals surface area contributed by atoms with Crippen LogP contribution in [0.3, 0.4) is 0 Å². The highest BCUT2D eigenvalue weighted by Crippen LogP contribution is 2.43. The Kier molecular flexibility index (Phi) is 7.98. The molecule has 39 heavy (non-hydrogen) atoms. The van der Waals surface area contributed by atoms with Gasteiger partial charge in [0.25, 0.3) is 5.56 Å². The zero-order valence-electron chi connectivity index (χ0n) is 22.4. The molecule has 3 aliphatic heterocycles. The molecule has 1 N–H and O–H groups in total. The summed E-state index contributed by atoms with van der Waals surface area (Å²) >= 11 is 0. The average molecular weight is 559 g/mol. The molecular weight excluding hydrogens is 521 g/mol. The maximum atomic E-state index is 13.9. The van der Waals surface area contributed by atoms with E-state index < -0.39 is 29.7 Å². The van der Waals surface area contributed by atoms with Crippen molar-refractivity contribution in [2.45, 2.75) is 70.5 Å². The second-order valence-electron chi connectivity index (χ2n) is 10.9. The molecule has 5 rings (SSSR count). The van der Waals surface area contributed by atoms with E-state index in [-0.39, 0.29) is 42.5 Å². The molecule has 3 fully saturated rings. The molecule has 0 spiro atoms. The second kappa shape index (κ2) is 11.1. The number of ether oxygens (including phenoxy) is 1. The summed E-state index contributed by atoms with van der Waals surface area (Å²) in [6, 6.07) is -0.0116. The number of hydrogen-bond donors (Lipinski definition) is 1. The molecule has 0 aromatic carbocycles. The molecule has 4 heterocycles. The van der Waals surface area contributed by atoms with Crippen LogP contribution in [-0.4, -0.2) is 77.9 Å². The molecule has 1 aromatic rings. The summed E-state index contributed by atoms with van der Waals surface area (Å²) in [5, 5.41) is 4.21. The van der Waals surface area contributed by atoms with E-state index in [0.717, 1.165) is 59.3 Å². The van der Waals surface area contributed by atoms with E-state index in [2.05, 4.69) is 5.32 Å². The number of halogens is 3. The number of hydrogen-bond acceptors (Lipinski definition) is 9. The first kappa shape index (κ1) is 28.0. The molecule has 0 amide bonds. The van der Waals surface area contributed by atoms with Gasteiger partial charge in [0, 0.05) is 39.3 Å². The number of aromatic nitrogens is 2. The third-order valence-electron chi connectivity index (χ3n) is 8.52. The number of carbonyl (C=O) groups is 1. The first-order valence-electron chi connectivity index (χ1n) is 13.9. The van der Waals surface area contributed by atoms with Crippen LogP contribution in [0.5, 0.6) is 0 Å². The number of carbonyl (C=O) groups excluding carboxylic acids is 1. The maximum Gasteiger partial charge on any atom is 0.493 e. The number of likely N-dealkylation sites (tertiary alicyclic amines) is 1. The van der Waals surface area contributed by atoms with Gasteiger partial charge in [0.05, 0.1) is 13.2 Å². The highest BCUT2D eigenvalue weighted by Gasteiger charge is 2.54. The second-order valence-corrected chi connectivity index (χ2v) is 10.9. The van der Waals surface area contributed by atoms with Gasteiger partial charge in [0.15, 0.2) is 17.8 Å². The van der Waals surface area contributed by atoms with Crippen molar-refractivity contribution in [1.29, 1.82) is 0 Å². The Hall–Kier alpha value is -2.58. The SMILES string of the molecule is CCOCCn1c(=O)c2c(n(C)c1=O)N(OC(=O)C(F)(F)F)C(N1CCC3CNCC31)N2CC1CCCCC1. The monoisotopic (exact) mass is 558 g/mol. The lowest BCUT2D eigenvalue weighted by Gasteiger charge is -2.41. The minimum atomic E-state index is -5.25. The third kappa shape index (κ3) is 5.18. The van der Waals surface area contributed by atoms with E-state index in [1.807, 2.05) is 4.90 Å². The quantitative estimate of drug-likeness (QED) is 0.475. The van der Waals surface area contributed by atoms with Gasteiger partial charge in [-0.15, -0.1) is 5.06 Å². The summed E-state index contributed by atoms with van der Waals surface area (Å²) in [4.78, 5) is 48.3. The molecule has 4 aliphatic rings. The molecule has 218 valence electrons. The highest BCUT2D eigenvalue weighted by atomic mass is 19.4. The Morgan fingerprint density at radius 2 is 1.85 bits per heavy atom. The molecule has 0 bridgehead atoms. The van der Waals surface area contributed by atoms with Crippen molar-refractivity contribution in [1.82, 2.24) is 19.4 Å². The fourth-order valence-electron chi connectivity index (χ4n) is 6.64. The normalized spacial score (nSPS) is 25.8. The van der Waals surface area contributed by atoms with E-state index in [4.69, 9.17) is 9.57 Å². The summed E-state index contributed by atoms with van der Waals surface area (Å²) in [6.07, 6.45) is -0.372. The Labute approximate surface area is 224 Å². The van der Waals surface area contributed by atoms with E-state index in [1.54, 1.807) is 11.8 Å². The van der Waals surface area contributed by atoms with Crippen LogP contribution in [0.25, 0.3) is 0 Å². The lowest BCUT2D eigenvalue weighted by atomic mass is 9.89. The van der Waals surface area contributed by atoms with Gasteiger partial charge < -0.3 is 19.8 Å². The van der Waals surface area contributed by atoms with Crippen LogP contribution in [0, 0.1) is 11.8 Å². The number of rotatable bonds is 8. The zero-order chi connectivity index (χ0) is 27.9. The van der Waals surface area contributed by atoms with E-state index in [0.29, 0.717) is 26.2 Å². The minimum Gasteiger partial charge on any atom is -0.380 e. The maximum absolute atomic E-state index is 13.9. The van der Waals surface area contributed by atoms with Crippen molar-refractivity contribution in [2.75, 3.05) is 49.4 Å². The highest BCUT2D eigenvalue weighted by molar-refractivity contribution is 5.80. The topological polar surface area (TPSA) is 101 Å². The summed E-state index contributed by atoms with van der Waals surface area (Å²) in [6.45, 7) is 4.71. The summed E-state index contributed by atoms with van der Waals surface area (Å²) < 4.78 is 48.0. The fourth-order valence-corrected chi connectivity index (χ4v) is 6.64. The predicted octanol–water partition coefficient (Wildman–Crippen LogP) is 1.39. The van der Waals surface area contributed by atoms with Gasteiger partial charge in [-0.05, 0) is 44.6 Å². The van der Waals surface area contributed by atoms with Gasteiger partial charge >= 0.3 is 17.8 Å². The molecule has 11 nitrogen and oxygen atoms in total. The summed E-state index contributed by atoms with van der Waals surface area (Å²) in [7, 11) is 1.39. The smallest absolute Gasteiger partial charge is 0.380 e. The van der Waals surface area contributed by atoms with Crippen LogP contribution >= 0.6 is 0 Å². The number of nitrogens with zero attached hydrogens (tertiary/aromatic N) is 5. The van der Waals surface area contributed by atoms with E-state index >= 15 is 0 Å². The first-order chi connectivity index (χ1) is 18.6. The standard InChI is InChI=1S/C25H37F3N6O5/c1-3-38-12-11-32-21(35)19-20(30(2)24(32)37)34(39-22(36)25(26,27)28)23(31-10-9-17-13-29-14-18(17)31)33(19)15-16-7-5-4-6-8-16/h16-18,23,29H,3-15H2,1-2H3. The van der Waals surface area contributed by atoms with Crippen molar-refractivity contribution >= 4 is 17.5 Å². The van der Waals surface area contributed by atoms with Crippen molar-refractivity contribution in [3.63, 3.8) is 0 Å². The largest absolute Gasteiger partial charge is 0.493 e. The molecule has 0 radical (unpaired) electrons. The van der Waals surface area contributed by atoms with Gasteiger partial charge in [0.2, 0.25) is 0 Å². The van der Waals surface area contributed by atoms with Gasteiger partial charge in [-0.25, -0.2) is 9.59 Å². The minimum absolute atomic E-state index is 0.00473. The van der Waals surface area contributed by atoms with Crippen LogP contribution in [-0.2, 0) is 28.0 Å². The summed E-state index contributed by atoms with van der Waals surface area (Å²) in [5.41, 5.74) is -1.26. The van der Waals surface area contributed by atoms with Gasteiger partial charge in [-0.3, -0.25) is 18.8 Å². The van der Waals surface area contributed by atoms with Crippen LogP contribution in [0.15, 0.2) is 9.59 Å². The van der Waals surface area contributed by atoms with Crippen LogP contribution in [0.1, 0.15) is 45.4 Å². The lowest BCUT2D eigenvalue weighted by Crippen LogP contribution is -2.59.